The topological polar surface area (TPSA) is 94.7 Å². The fraction of sp³-hybridized carbons (Fsp3) is 0.0417. The first kappa shape index (κ1) is 20.7. The molecule has 3 aromatic carbocycles. The first-order chi connectivity index (χ1) is 16.2. The molecule has 2 aromatic heterocycles. The SMILES string of the molecule is O=C(Cn1cnc2c(nnn2-c2ccccc2)c1=O)Nc1ccccc1Sc1ccccc1. The molecule has 0 aliphatic heterocycles. The van der Waals surface area contributed by atoms with Gasteiger partial charge in [0.1, 0.15) is 12.9 Å². The van der Waals surface area contributed by atoms with Crippen LogP contribution in [0, 0.1) is 0 Å². The second-order valence-corrected chi connectivity index (χ2v) is 8.26. The molecule has 0 unspecified atom stereocenters. The quantitative estimate of drug-likeness (QED) is 0.420. The van der Waals surface area contributed by atoms with E-state index < -0.39 is 5.56 Å². The maximum absolute atomic E-state index is 12.9. The van der Waals surface area contributed by atoms with Gasteiger partial charge in [-0.15, -0.1) is 5.10 Å². The summed E-state index contributed by atoms with van der Waals surface area (Å²) in [6, 6.07) is 26.7. The summed E-state index contributed by atoms with van der Waals surface area (Å²) in [6.45, 7) is -0.190. The maximum atomic E-state index is 12.9. The summed E-state index contributed by atoms with van der Waals surface area (Å²) in [5.74, 6) is -0.338. The van der Waals surface area contributed by atoms with Gasteiger partial charge in [0.05, 0.1) is 11.4 Å². The third-order valence-electron chi connectivity index (χ3n) is 4.88. The van der Waals surface area contributed by atoms with Gasteiger partial charge in [-0.05, 0) is 36.4 Å². The first-order valence-corrected chi connectivity index (χ1v) is 11.0. The van der Waals surface area contributed by atoms with Crippen molar-refractivity contribution in [2.24, 2.45) is 0 Å². The number of hydrogen-bond donors (Lipinski definition) is 1. The Bertz CT molecular complexity index is 1480. The molecule has 0 radical (unpaired) electrons. The zero-order valence-corrected chi connectivity index (χ0v) is 18.1. The third kappa shape index (κ3) is 4.39. The van der Waals surface area contributed by atoms with E-state index in [0.717, 1.165) is 15.5 Å². The van der Waals surface area contributed by atoms with Crippen LogP contribution in [0.4, 0.5) is 5.69 Å². The highest BCUT2D eigenvalue weighted by atomic mass is 32.2. The number of anilines is 1. The lowest BCUT2D eigenvalue weighted by Crippen LogP contribution is -2.28. The Morgan fingerprint density at radius 1 is 0.909 bits per heavy atom. The number of hydrogen-bond acceptors (Lipinski definition) is 6. The van der Waals surface area contributed by atoms with Crippen LogP contribution in [0.5, 0.6) is 0 Å². The molecule has 0 atom stereocenters. The molecular weight excluding hydrogens is 436 g/mol. The Morgan fingerprint density at radius 2 is 1.61 bits per heavy atom. The molecule has 162 valence electrons. The molecule has 1 N–H and O–H groups in total. The fourth-order valence-electron chi connectivity index (χ4n) is 3.32. The van der Waals surface area contributed by atoms with Crippen LogP contribution < -0.4 is 10.9 Å². The van der Waals surface area contributed by atoms with Crippen molar-refractivity contribution in [3.63, 3.8) is 0 Å². The van der Waals surface area contributed by atoms with Crippen LogP contribution in [0.1, 0.15) is 0 Å². The number of nitrogens with one attached hydrogen (secondary N) is 1. The number of benzene rings is 3. The minimum absolute atomic E-state index is 0.106. The fourth-order valence-corrected chi connectivity index (χ4v) is 4.24. The van der Waals surface area contributed by atoms with Crippen molar-refractivity contribution in [1.82, 2.24) is 24.5 Å². The number of fused-ring (bicyclic) bond motifs is 1. The number of carbonyl (C=O) groups excluding carboxylic acids is 1. The van der Waals surface area contributed by atoms with Crippen molar-refractivity contribution in [3.05, 3.63) is 102 Å². The first-order valence-electron chi connectivity index (χ1n) is 10.2. The molecular formula is C24H18N6O2S. The molecule has 0 aliphatic carbocycles. The molecule has 5 rings (SSSR count). The summed E-state index contributed by atoms with van der Waals surface area (Å²) in [5, 5.41) is 10.9. The van der Waals surface area contributed by atoms with Gasteiger partial charge in [0, 0.05) is 9.79 Å². The van der Waals surface area contributed by atoms with E-state index in [9.17, 15) is 9.59 Å². The molecule has 9 heteroatoms. The van der Waals surface area contributed by atoms with E-state index in [1.54, 1.807) is 11.8 Å². The van der Waals surface area contributed by atoms with E-state index in [2.05, 4.69) is 20.6 Å². The lowest BCUT2D eigenvalue weighted by atomic mass is 10.3. The Hall–Kier alpha value is -4.24. The van der Waals surface area contributed by atoms with Crippen molar-refractivity contribution in [1.29, 1.82) is 0 Å². The number of carbonyl (C=O) groups is 1. The van der Waals surface area contributed by atoms with Crippen LogP contribution in [-0.4, -0.2) is 30.5 Å². The van der Waals surface area contributed by atoms with Gasteiger partial charge in [0.15, 0.2) is 11.2 Å². The van der Waals surface area contributed by atoms with E-state index in [1.807, 2.05) is 84.9 Å². The summed E-state index contributed by atoms with van der Waals surface area (Å²) < 4.78 is 2.73. The molecule has 0 aliphatic rings. The largest absolute Gasteiger partial charge is 0.323 e. The second kappa shape index (κ2) is 9.09. The van der Waals surface area contributed by atoms with Crippen molar-refractivity contribution in [2.45, 2.75) is 16.3 Å². The van der Waals surface area contributed by atoms with Crippen molar-refractivity contribution in [2.75, 3.05) is 5.32 Å². The molecule has 8 nitrogen and oxygen atoms in total. The Morgan fingerprint density at radius 3 is 2.39 bits per heavy atom. The average Bonchev–Trinajstić information content (AvgIpc) is 3.28. The minimum Gasteiger partial charge on any atom is -0.323 e. The third-order valence-corrected chi connectivity index (χ3v) is 5.96. The Labute approximate surface area is 192 Å². The zero-order chi connectivity index (χ0) is 22.6. The monoisotopic (exact) mass is 454 g/mol. The van der Waals surface area contributed by atoms with Crippen LogP contribution in [0.2, 0.25) is 0 Å². The lowest BCUT2D eigenvalue weighted by Gasteiger charge is -2.11. The standard InChI is InChI=1S/C24H18N6O2S/c31-21(26-19-13-7-8-14-20(19)33-18-11-5-2-6-12-18)15-29-16-25-23-22(24(29)32)27-28-30(23)17-9-3-1-4-10-17/h1-14,16H,15H2,(H,26,31). The number of nitrogens with zero attached hydrogens (tertiary/aromatic N) is 5. The van der Waals surface area contributed by atoms with Gasteiger partial charge in [-0.2, -0.15) is 4.68 Å². The van der Waals surface area contributed by atoms with Gasteiger partial charge in [-0.1, -0.05) is 65.5 Å². The van der Waals surface area contributed by atoms with E-state index in [-0.39, 0.29) is 18.0 Å². The minimum atomic E-state index is -0.427. The van der Waals surface area contributed by atoms with Crippen LogP contribution >= 0.6 is 11.8 Å². The summed E-state index contributed by atoms with van der Waals surface area (Å²) >= 11 is 1.55. The predicted octanol–water partition coefficient (Wildman–Crippen LogP) is 3.77. The average molecular weight is 455 g/mol. The smallest absolute Gasteiger partial charge is 0.284 e. The van der Waals surface area contributed by atoms with E-state index in [1.165, 1.54) is 15.6 Å². The van der Waals surface area contributed by atoms with Gasteiger partial charge in [0.2, 0.25) is 5.91 Å². The molecule has 33 heavy (non-hydrogen) atoms. The van der Waals surface area contributed by atoms with Crippen LogP contribution in [0.15, 0.2) is 106 Å². The summed E-state index contributed by atoms with van der Waals surface area (Å²) in [4.78, 5) is 31.9. The number of para-hydroxylation sites is 2. The summed E-state index contributed by atoms with van der Waals surface area (Å²) in [5.41, 5.74) is 1.44. The predicted molar refractivity (Wildman–Crippen MR) is 127 cm³/mol. The molecule has 0 spiro atoms. The Balaban J connectivity index is 1.36. The molecule has 0 fully saturated rings. The molecule has 1 amide bonds. The van der Waals surface area contributed by atoms with E-state index in [4.69, 9.17) is 0 Å². The second-order valence-electron chi connectivity index (χ2n) is 7.15. The van der Waals surface area contributed by atoms with E-state index in [0.29, 0.717) is 11.3 Å². The highest BCUT2D eigenvalue weighted by Crippen LogP contribution is 2.33. The van der Waals surface area contributed by atoms with Gasteiger partial charge in [0.25, 0.3) is 5.56 Å². The van der Waals surface area contributed by atoms with Crippen LogP contribution in [0.3, 0.4) is 0 Å². The van der Waals surface area contributed by atoms with Crippen LogP contribution in [-0.2, 0) is 11.3 Å². The molecule has 0 bridgehead atoms. The van der Waals surface area contributed by atoms with Crippen molar-refractivity contribution in [3.8, 4) is 5.69 Å². The summed E-state index contributed by atoms with van der Waals surface area (Å²) in [6.07, 6.45) is 1.34. The normalized spacial score (nSPS) is 10.9. The van der Waals surface area contributed by atoms with Gasteiger partial charge >= 0.3 is 0 Å². The highest BCUT2D eigenvalue weighted by Gasteiger charge is 2.15. The maximum Gasteiger partial charge on any atom is 0.284 e. The zero-order valence-electron chi connectivity index (χ0n) is 17.3. The molecule has 2 heterocycles. The summed E-state index contributed by atoms with van der Waals surface area (Å²) in [7, 11) is 0. The molecule has 5 aromatic rings. The highest BCUT2D eigenvalue weighted by molar-refractivity contribution is 7.99. The number of amides is 1. The van der Waals surface area contributed by atoms with E-state index >= 15 is 0 Å². The number of rotatable bonds is 6. The Kier molecular flexibility index (Phi) is 5.69. The molecule has 0 saturated heterocycles. The number of aromatic nitrogens is 5. The van der Waals surface area contributed by atoms with Gasteiger partial charge < -0.3 is 5.32 Å². The van der Waals surface area contributed by atoms with Crippen LogP contribution in [0.25, 0.3) is 16.9 Å². The van der Waals surface area contributed by atoms with Gasteiger partial charge in [-0.25, -0.2) is 4.98 Å². The van der Waals surface area contributed by atoms with Gasteiger partial charge in [-0.3, -0.25) is 14.2 Å². The van der Waals surface area contributed by atoms with Crippen molar-refractivity contribution < 1.29 is 4.79 Å². The molecule has 0 saturated carbocycles. The van der Waals surface area contributed by atoms with Crippen molar-refractivity contribution >= 4 is 34.5 Å². The lowest BCUT2D eigenvalue weighted by molar-refractivity contribution is -0.116.